The van der Waals surface area contributed by atoms with Crippen LogP contribution in [0.1, 0.15) is 47.7 Å². The first kappa shape index (κ1) is 19.4. The van der Waals surface area contributed by atoms with Gasteiger partial charge in [-0.2, -0.15) is 0 Å². The molecule has 4 heteroatoms. The van der Waals surface area contributed by atoms with Gasteiger partial charge in [-0.05, 0) is 69.1 Å². The molecule has 1 aliphatic rings. The van der Waals surface area contributed by atoms with E-state index in [1.54, 1.807) is 0 Å². The van der Waals surface area contributed by atoms with Crippen LogP contribution in [-0.4, -0.2) is 36.5 Å². The predicted octanol–water partition coefficient (Wildman–Crippen LogP) is 4.18. The number of hydrogen-bond acceptors (Lipinski definition) is 3. The molecule has 27 heavy (non-hydrogen) atoms. The van der Waals surface area contributed by atoms with E-state index >= 15 is 0 Å². The summed E-state index contributed by atoms with van der Waals surface area (Å²) in [4.78, 5) is 14.9. The molecule has 0 bridgehead atoms. The van der Waals surface area contributed by atoms with Gasteiger partial charge in [0.1, 0.15) is 12.4 Å². The number of nitrogens with zero attached hydrogens (tertiary/aromatic N) is 1. The zero-order chi connectivity index (χ0) is 19.1. The number of nitrogens with one attached hydrogen (secondary N) is 1. The van der Waals surface area contributed by atoms with Crippen LogP contribution in [0.4, 0.5) is 0 Å². The molecule has 1 atom stereocenters. The van der Waals surface area contributed by atoms with Crippen molar-refractivity contribution in [2.24, 2.45) is 0 Å². The maximum absolute atomic E-state index is 12.5. The fourth-order valence-corrected chi connectivity index (χ4v) is 3.42. The Balaban J connectivity index is 1.47. The molecule has 0 radical (unpaired) electrons. The summed E-state index contributed by atoms with van der Waals surface area (Å²) in [5.41, 5.74) is 3.06. The van der Waals surface area contributed by atoms with Crippen LogP contribution in [0.5, 0.6) is 5.75 Å². The number of para-hydroxylation sites is 1. The molecule has 1 fully saturated rings. The molecule has 3 rings (SSSR count). The van der Waals surface area contributed by atoms with Gasteiger partial charge in [0.15, 0.2) is 0 Å². The van der Waals surface area contributed by atoms with Crippen molar-refractivity contribution in [2.45, 2.75) is 45.7 Å². The summed E-state index contributed by atoms with van der Waals surface area (Å²) < 4.78 is 5.82. The summed E-state index contributed by atoms with van der Waals surface area (Å²) in [6.07, 6.45) is 3.94. The standard InChI is InChI=1S/C23H30N2O2/c1-18-8-4-5-9-22(18)27-17-19(2)24-23(26)21-12-10-20(11-13-21)16-25-14-6-3-7-15-25/h4-5,8-13,19H,3,6-7,14-17H2,1-2H3,(H,24,26). The summed E-state index contributed by atoms with van der Waals surface area (Å²) >= 11 is 0. The van der Waals surface area contributed by atoms with Crippen LogP contribution in [-0.2, 0) is 6.54 Å². The molecule has 1 saturated heterocycles. The summed E-state index contributed by atoms with van der Waals surface area (Å²) in [5, 5.41) is 3.01. The fraction of sp³-hybridized carbons (Fsp3) is 0.435. The van der Waals surface area contributed by atoms with E-state index in [1.165, 1.54) is 37.9 Å². The molecular weight excluding hydrogens is 336 g/mol. The van der Waals surface area contributed by atoms with Gasteiger partial charge in [-0.3, -0.25) is 9.69 Å². The number of aryl methyl sites for hydroxylation is 1. The number of carbonyl (C=O) groups excluding carboxylic acids is 1. The van der Waals surface area contributed by atoms with Gasteiger partial charge in [-0.1, -0.05) is 36.8 Å². The third kappa shape index (κ3) is 5.83. The first-order valence-corrected chi connectivity index (χ1v) is 9.92. The smallest absolute Gasteiger partial charge is 0.251 e. The maximum Gasteiger partial charge on any atom is 0.251 e. The molecule has 0 spiro atoms. The van der Waals surface area contributed by atoms with Gasteiger partial charge in [-0.15, -0.1) is 0 Å². The van der Waals surface area contributed by atoms with E-state index < -0.39 is 0 Å². The molecule has 1 N–H and O–H groups in total. The molecule has 1 aliphatic heterocycles. The maximum atomic E-state index is 12.5. The summed E-state index contributed by atoms with van der Waals surface area (Å²) in [7, 11) is 0. The fourth-order valence-electron chi connectivity index (χ4n) is 3.42. The number of hydrogen-bond donors (Lipinski definition) is 1. The second kappa shape index (κ2) is 9.56. The van der Waals surface area contributed by atoms with E-state index in [2.05, 4.69) is 22.3 Å². The Morgan fingerprint density at radius 3 is 2.48 bits per heavy atom. The van der Waals surface area contributed by atoms with Gasteiger partial charge >= 0.3 is 0 Å². The van der Waals surface area contributed by atoms with E-state index in [0.29, 0.717) is 12.2 Å². The lowest BCUT2D eigenvalue weighted by Gasteiger charge is -2.26. The lowest BCUT2D eigenvalue weighted by atomic mass is 10.1. The number of piperidine rings is 1. The second-order valence-corrected chi connectivity index (χ2v) is 7.48. The van der Waals surface area contributed by atoms with Crippen molar-refractivity contribution < 1.29 is 9.53 Å². The van der Waals surface area contributed by atoms with Crippen LogP contribution in [0.15, 0.2) is 48.5 Å². The van der Waals surface area contributed by atoms with Gasteiger partial charge in [0.2, 0.25) is 0 Å². The quantitative estimate of drug-likeness (QED) is 0.799. The SMILES string of the molecule is Cc1ccccc1OCC(C)NC(=O)c1ccc(CN2CCCCC2)cc1. The number of carbonyl (C=O) groups is 1. The van der Waals surface area contributed by atoms with Gasteiger partial charge in [0, 0.05) is 12.1 Å². The molecule has 0 aliphatic carbocycles. The molecule has 0 aromatic heterocycles. The highest BCUT2D eigenvalue weighted by Gasteiger charge is 2.13. The third-order valence-corrected chi connectivity index (χ3v) is 5.03. The van der Waals surface area contributed by atoms with E-state index in [-0.39, 0.29) is 11.9 Å². The van der Waals surface area contributed by atoms with Gasteiger partial charge in [0.05, 0.1) is 6.04 Å². The molecule has 2 aromatic carbocycles. The highest BCUT2D eigenvalue weighted by atomic mass is 16.5. The Morgan fingerprint density at radius 1 is 1.07 bits per heavy atom. The van der Waals surface area contributed by atoms with E-state index in [1.807, 2.05) is 50.2 Å². The molecule has 2 aromatic rings. The third-order valence-electron chi connectivity index (χ3n) is 5.03. The number of amides is 1. The zero-order valence-corrected chi connectivity index (χ0v) is 16.4. The molecular formula is C23H30N2O2. The van der Waals surface area contributed by atoms with Crippen LogP contribution >= 0.6 is 0 Å². The van der Waals surface area contributed by atoms with Crippen molar-refractivity contribution in [1.82, 2.24) is 10.2 Å². The molecule has 0 saturated carbocycles. The van der Waals surface area contributed by atoms with E-state index in [0.717, 1.165) is 17.9 Å². The van der Waals surface area contributed by atoms with Crippen molar-refractivity contribution in [3.63, 3.8) is 0 Å². The van der Waals surface area contributed by atoms with Crippen molar-refractivity contribution in [3.05, 3.63) is 65.2 Å². The monoisotopic (exact) mass is 366 g/mol. The molecule has 1 unspecified atom stereocenters. The van der Waals surface area contributed by atoms with Crippen molar-refractivity contribution >= 4 is 5.91 Å². The minimum absolute atomic E-state index is 0.0552. The van der Waals surface area contributed by atoms with Crippen LogP contribution < -0.4 is 10.1 Å². The second-order valence-electron chi connectivity index (χ2n) is 7.48. The topological polar surface area (TPSA) is 41.6 Å². The van der Waals surface area contributed by atoms with Gasteiger partial charge in [-0.25, -0.2) is 0 Å². The molecule has 1 heterocycles. The normalized spacial score (nSPS) is 15.9. The Kier molecular flexibility index (Phi) is 6.88. The van der Waals surface area contributed by atoms with Crippen LogP contribution in [0, 0.1) is 6.92 Å². The minimum atomic E-state index is -0.0647. The van der Waals surface area contributed by atoms with Crippen molar-refractivity contribution in [3.8, 4) is 5.75 Å². The largest absolute Gasteiger partial charge is 0.491 e. The number of ether oxygens (including phenoxy) is 1. The number of likely N-dealkylation sites (tertiary alicyclic amines) is 1. The lowest BCUT2D eigenvalue weighted by molar-refractivity contribution is 0.0926. The van der Waals surface area contributed by atoms with Crippen LogP contribution in [0.2, 0.25) is 0 Å². The molecule has 144 valence electrons. The Labute approximate surface area is 162 Å². The van der Waals surface area contributed by atoms with Gasteiger partial charge < -0.3 is 10.1 Å². The molecule has 1 amide bonds. The highest BCUT2D eigenvalue weighted by molar-refractivity contribution is 5.94. The number of rotatable bonds is 7. The Morgan fingerprint density at radius 2 is 1.78 bits per heavy atom. The summed E-state index contributed by atoms with van der Waals surface area (Å²) in [5.74, 6) is 0.807. The van der Waals surface area contributed by atoms with Crippen molar-refractivity contribution in [2.75, 3.05) is 19.7 Å². The van der Waals surface area contributed by atoms with Crippen LogP contribution in [0.25, 0.3) is 0 Å². The van der Waals surface area contributed by atoms with E-state index in [9.17, 15) is 4.79 Å². The van der Waals surface area contributed by atoms with Crippen molar-refractivity contribution in [1.29, 1.82) is 0 Å². The van der Waals surface area contributed by atoms with Gasteiger partial charge in [0.25, 0.3) is 5.91 Å². The summed E-state index contributed by atoms with van der Waals surface area (Å²) in [6, 6.07) is 15.8. The highest BCUT2D eigenvalue weighted by Crippen LogP contribution is 2.16. The first-order chi connectivity index (χ1) is 13.1. The minimum Gasteiger partial charge on any atom is -0.491 e. The molecule has 4 nitrogen and oxygen atoms in total. The number of benzene rings is 2. The average Bonchev–Trinajstić information content (AvgIpc) is 2.69. The average molecular weight is 367 g/mol. The van der Waals surface area contributed by atoms with E-state index in [4.69, 9.17) is 4.74 Å². The zero-order valence-electron chi connectivity index (χ0n) is 16.4. The predicted molar refractivity (Wildman–Crippen MR) is 109 cm³/mol. The van der Waals surface area contributed by atoms with Crippen LogP contribution in [0.3, 0.4) is 0 Å². The Bertz CT molecular complexity index is 736. The lowest BCUT2D eigenvalue weighted by Crippen LogP contribution is -2.36. The Hall–Kier alpha value is -2.33. The first-order valence-electron chi connectivity index (χ1n) is 9.92. The summed E-state index contributed by atoms with van der Waals surface area (Å²) in [6.45, 7) is 7.76.